The molecule has 2 aromatic carbocycles. The summed E-state index contributed by atoms with van der Waals surface area (Å²) in [6.45, 7) is 0. The first-order valence-electron chi connectivity index (χ1n) is 7.39. The van der Waals surface area contributed by atoms with Gasteiger partial charge in [0.25, 0.3) is 0 Å². The van der Waals surface area contributed by atoms with Crippen molar-refractivity contribution in [1.82, 2.24) is 0 Å². The third-order valence-corrected chi connectivity index (χ3v) is 4.23. The van der Waals surface area contributed by atoms with Crippen LogP contribution in [0.15, 0.2) is 48.5 Å². The molecular formula is C18H18FNO3S. The third-order valence-electron chi connectivity index (χ3n) is 3.20. The second kappa shape index (κ2) is 9.08. The van der Waals surface area contributed by atoms with Crippen LogP contribution in [0.3, 0.4) is 0 Å². The highest BCUT2D eigenvalue weighted by Crippen LogP contribution is 2.16. The van der Waals surface area contributed by atoms with E-state index >= 15 is 0 Å². The Hall–Kier alpha value is -2.34. The molecule has 2 rings (SSSR count). The van der Waals surface area contributed by atoms with E-state index in [0.29, 0.717) is 29.2 Å². The van der Waals surface area contributed by atoms with Gasteiger partial charge in [-0.1, -0.05) is 18.2 Å². The lowest BCUT2D eigenvalue weighted by atomic mass is 10.1. The number of benzene rings is 2. The van der Waals surface area contributed by atoms with Gasteiger partial charge in [-0.05, 0) is 35.9 Å². The van der Waals surface area contributed by atoms with E-state index in [2.05, 4.69) is 10.1 Å². The highest BCUT2D eigenvalue weighted by Gasteiger charge is 2.06. The van der Waals surface area contributed by atoms with Gasteiger partial charge >= 0.3 is 5.97 Å². The molecule has 1 N–H and O–H groups in total. The molecule has 0 aliphatic rings. The second-order valence-corrected chi connectivity index (χ2v) is 6.16. The van der Waals surface area contributed by atoms with E-state index < -0.39 is 0 Å². The maximum atomic E-state index is 13.0. The van der Waals surface area contributed by atoms with Gasteiger partial charge in [-0.15, -0.1) is 0 Å². The minimum absolute atomic E-state index is 0.156. The van der Waals surface area contributed by atoms with Crippen LogP contribution in [0.2, 0.25) is 0 Å². The average molecular weight is 347 g/mol. The Morgan fingerprint density at radius 2 is 1.96 bits per heavy atom. The number of rotatable bonds is 7. The predicted octanol–water partition coefficient (Wildman–Crippen LogP) is 3.87. The lowest BCUT2D eigenvalue weighted by Crippen LogP contribution is -2.12. The number of thioether (sulfide) groups is 1. The molecule has 0 aliphatic heterocycles. The number of carbonyl (C=O) groups is 2. The summed E-state index contributed by atoms with van der Waals surface area (Å²) in [4.78, 5) is 23.3. The Morgan fingerprint density at radius 1 is 1.17 bits per heavy atom. The largest absolute Gasteiger partial charge is 0.465 e. The molecule has 1 amide bonds. The molecule has 0 saturated carbocycles. The fourth-order valence-corrected chi connectivity index (χ4v) is 2.94. The highest BCUT2D eigenvalue weighted by atomic mass is 32.2. The molecule has 2 aromatic rings. The van der Waals surface area contributed by atoms with Gasteiger partial charge in [-0.2, -0.15) is 11.8 Å². The molecule has 0 spiro atoms. The molecule has 0 aliphatic carbocycles. The van der Waals surface area contributed by atoms with E-state index in [0.717, 1.165) is 5.56 Å². The zero-order valence-electron chi connectivity index (χ0n) is 13.3. The minimum Gasteiger partial charge on any atom is -0.465 e. The summed E-state index contributed by atoms with van der Waals surface area (Å²) in [7, 11) is 1.35. The van der Waals surface area contributed by atoms with Gasteiger partial charge in [0.1, 0.15) is 5.82 Å². The smallest absolute Gasteiger partial charge is 0.337 e. The number of amides is 1. The Labute approximate surface area is 144 Å². The number of hydrogen-bond donors (Lipinski definition) is 1. The number of hydrogen-bond acceptors (Lipinski definition) is 4. The predicted molar refractivity (Wildman–Crippen MR) is 93.6 cm³/mol. The van der Waals surface area contributed by atoms with Crippen LogP contribution < -0.4 is 5.32 Å². The Bertz CT molecular complexity index is 721. The number of esters is 1. The summed E-state index contributed by atoms with van der Waals surface area (Å²) in [5, 5.41) is 2.66. The summed E-state index contributed by atoms with van der Waals surface area (Å²) in [6.07, 6.45) is 0.331. The first kappa shape index (κ1) is 18.0. The lowest BCUT2D eigenvalue weighted by molar-refractivity contribution is -0.115. The molecule has 4 nitrogen and oxygen atoms in total. The molecule has 6 heteroatoms. The van der Waals surface area contributed by atoms with Crippen LogP contribution >= 0.6 is 11.8 Å². The quantitative estimate of drug-likeness (QED) is 0.610. The van der Waals surface area contributed by atoms with Crippen LogP contribution in [0, 0.1) is 5.82 Å². The topological polar surface area (TPSA) is 55.4 Å². The molecule has 0 aromatic heterocycles. The van der Waals surface area contributed by atoms with Gasteiger partial charge < -0.3 is 10.1 Å². The molecule has 126 valence electrons. The molecular weight excluding hydrogens is 329 g/mol. The van der Waals surface area contributed by atoms with Crippen molar-refractivity contribution in [3.63, 3.8) is 0 Å². The molecule has 0 radical (unpaired) electrons. The monoisotopic (exact) mass is 347 g/mol. The van der Waals surface area contributed by atoms with E-state index in [4.69, 9.17) is 0 Å². The van der Waals surface area contributed by atoms with Gasteiger partial charge in [-0.3, -0.25) is 4.79 Å². The number of methoxy groups -OCH3 is 1. The van der Waals surface area contributed by atoms with Crippen LogP contribution in [-0.4, -0.2) is 24.7 Å². The SMILES string of the molecule is COC(=O)c1cccc(CSCCC(=O)Nc2cccc(F)c2)c1. The molecule has 24 heavy (non-hydrogen) atoms. The first-order valence-corrected chi connectivity index (χ1v) is 8.54. The van der Waals surface area contributed by atoms with Crippen molar-refractivity contribution in [3.8, 4) is 0 Å². The van der Waals surface area contributed by atoms with E-state index in [-0.39, 0.29) is 17.7 Å². The van der Waals surface area contributed by atoms with Gasteiger partial charge in [0.05, 0.1) is 12.7 Å². The Kier molecular flexibility index (Phi) is 6.81. The molecule has 0 heterocycles. The number of ether oxygens (including phenoxy) is 1. The second-order valence-electron chi connectivity index (χ2n) is 5.05. The molecule has 0 unspecified atom stereocenters. The standard InChI is InChI=1S/C18H18FNO3S/c1-23-18(22)14-5-2-4-13(10-14)12-24-9-8-17(21)20-16-7-3-6-15(19)11-16/h2-7,10-11H,8-9,12H2,1H3,(H,20,21). The van der Waals surface area contributed by atoms with Gasteiger partial charge in [0, 0.05) is 23.6 Å². The molecule has 0 fully saturated rings. The normalized spacial score (nSPS) is 10.2. The zero-order chi connectivity index (χ0) is 17.4. The first-order chi connectivity index (χ1) is 11.6. The summed E-state index contributed by atoms with van der Waals surface area (Å²) >= 11 is 1.59. The molecule has 0 atom stereocenters. The van der Waals surface area contributed by atoms with Crippen molar-refractivity contribution in [2.75, 3.05) is 18.2 Å². The maximum absolute atomic E-state index is 13.0. The fraction of sp³-hybridized carbons (Fsp3) is 0.222. The van der Waals surface area contributed by atoms with Crippen molar-refractivity contribution in [3.05, 3.63) is 65.5 Å². The Morgan fingerprint density at radius 3 is 2.71 bits per heavy atom. The van der Waals surface area contributed by atoms with Crippen molar-refractivity contribution in [1.29, 1.82) is 0 Å². The number of anilines is 1. The third kappa shape index (κ3) is 5.70. The van der Waals surface area contributed by atoms with Crippen molar-refractivity contribution in [2.24, 2.45) is 0 Å². The van der Waals surface area contributed by atoms with E-state index in [9.17, 15) is 14.0 Å². The average Bonchev–Trinajstić information content (AvgIpc) is 2.58. The van der Waals surface area contributed by atoms with Crippen molar-refractivity contribution < 1.29 is 18.7 Å². The number of nitrogens with one attached hydrogen (secondary N) is 1. The maximum Gasteiger partial charge on any atom is 0.337 e. The highest BCUT2D eigenvalue weighted by molar-refractivity contribution is 7.98. The summed E-state index contributed by atoms with van der Waals surface area (Å²) in [5.74, 6) is 0.419. The molecule has 0 saturated heterocycles. The van der Waals surface area contributed by atoms with E-state index in [1.165, 1.54) is 19.2 Å². The summed E-state index contributed by atoms with van der Waals surface area (Å²) < 4.78 is 17.7. The number of halogens is 1. The zero-order valence-corrected chi connectivity index (χ0v) is 14.1. The van der Waals surface area contributed by atoms with Crippen LogP contribution in [0.4, 0.5) is 10.1 Å². The van der Waals surface area contributed by atoms with Gasteiger partial charge in [0.15, 0.2) is 0 Å². The molecule has 0 bridgehead atoms. The van der Waals surface area contributed by atoms with Gasteiger partial charge in [0.2, 0.25) is 5.91 Å². The van der Waals surface area contributed by atoms with Crippen LogP contribution in [-0.2, 0) is 15.3 Å². The summed E-state index contributed by atoms with van der Waals surface area (Å²) in [5.41, 5.74) is 1.96. The van der Waals surface area contributed by atoms with Crippen LogP contribution in [0.25, 0.3) is 0 Å². The van der Waals surface area contributed by atoms with E-state index in [1.54, 1.807) is 42.1 Å². The van der Waals surface area contributed by atoms with Crippen LogP contribution in [0.5, 0.6) is 0 Å². The minimum atomic E-state index is -0.382. The Balaban J connectivity index is 1.74. The summed E-state index contributed by atoms with van der Waals surface area (Å²) in [6, 6.07) is 13.0. The van der Waals surface area contributed by atoms with E-state index in [1.807, 2.05) is 6.07 Å². The number of carbonyl (C=O) groups excluding carboxylic acids is 2. The lowest BCUT2D eigenvalue weighted by Gasteiger charge is -2.06. The van der Waals surface area contributed by atoms with Gasteiger partial charge in [-0.25, -0.2) is 9.18 Å². The van der Waals surface area contributed by atoms with Crippen molar-refractivity contribution >= 4 is 29.3 Å². The van der Waals surface area contributed by atoms with Crippen molar-refractivity contribution in [2.45, 2.75) is 12.2 Å². The fourth-order valence-electron chi connectivity index (χ4n) is 2.05. The van der Waals surface area contributed by atoms with Crippen LogP contribution in [0.1, 0.15) is 22.3 Å².